The average molecular weight is 319 g/mol. The molecular weight excluding hydrogens is 296 g/mol. The maximum absolute atomic E-state index is 12.0. The molecule has 0 fully saturated rings. The molecule has 0 aromatic carbocycles. The van der Waals surface area contributed by atoms with Gasteiger partial charge in [0.25, 0.3) is 0 Å². The molecule has 0 aliphatic heterocycles. The van der Waals surface area contributed by atoms with Crippen molar-refractivity contribution in [2.75, 3.05) is 18.2 Å². The zero-order chi connectivity index (χ0) is 15.1. The van der Waals surface area contributed by atoms with Crippen molar-refractivity contribution in [1.82, 2.24) is 9.71 Å². The first-order valence-electron chi connectivity index (χ1n) is 6.90. The number of nitrogens with zero attached hydrogens (tertiary/aromatic N) is 1. The fraction of sp³-hybridized carbons (Fsp3) is 0.643. The van der Waals surface area contributed by atoms with Gasteiger partial charge in [0, 0.05) is 30.7 Å². The first kappa shape index (κ1) is 17.4. The molecule has 1 aromatic heterocycles. The van der Waals surface area contributed by atoms with E-state index in [2.05, 4.69) is 9.71 Å². The maximum atomic E-state index is 12.0. The zero-order valence-electron chi connectivity index (χ0n) is 12.1. The minimum Gasteiger partial charge on any atom is -0.261 e. The lowest BCUT2D eigenvalue weighted by Gasteiger charge is -2.29. The van der Waals surface area contributed by atoms with Crippen LogP contribution in [0.25, 0.3) is 0 Å². The number of nitrogens with one attached hydrogen (secondary N) is 1. The molecule has 1 N–H and O–H groups in total. The highest BCUT2D eigenvalue weighted by Crippen LogP contribution is 2.27. The van der Waals surface area contributed by atoms with Crippen LogP contribution < -0.4 is 4.72 Å². The molecule has 0 amide bonds. The van der Waals surface area contributed by atoms with Gasteiger partial charge in [-0.3, -0.25) is 4.98 Å². The minimum atomic E-state index is -3.29. The van der Waals surface area contributed by atoms with Crippen LogP contribution in [0.5, 0.6) is 0 Å². The van der Waals surface area contributed by atoms with Crippen molar-refractivity contribution in [1.29, 1.82) is 0 Å². The number of sulfonamides is 1. The van der Waals surface area contributed by atoms with Crippen molar-refractivity contribution in [2.45, 2.75) is 33.1 Å². The Kier molecular flexibility index (Phi) is 6.92. The van der Waals surface area contributed by atoms with Crippen molar-refractivity contribution in [3.63, 3.8) is 0 Å². The predicted molar refractivity (Wildman–Crippen MR) is 83.5 cm³/mol. The summed E-state index contributed by atoms with van der Waals surface area (Å²) in [6.45, 7) is 4.47. The molecule has 0 spiro atoms. The number of hydrogen-bond acceptors (Lipinski definition) is 3. The van der Waals surface area contributed by atoms with Crippen LogP contribution in [0.1, 0.15) is 32.4 Å². The summed E-state index contributed by atoms with van der Waals surface area (Å²) in [7, 11) is -3.29. The first-order valence-corrected chi connectivity index (χ1v) is 9.09. The molecule has 0 saturated heterocycles. The third-order valence-corrected chi connectivity index (χ3v) is 5.70. The molecule has 1 rings (SSSR count). The third kappa shape index (κ3) is 5.38. The first-order chi connectivity index (χ1) is 9.47. The van der Waals surface area contributed by atoms with Gasteiger partial charge in [0.05, 0.1) is 5.75 Å². The Labute approximate surface area is 127 Å². The lowest BCUT2D eigenvalue weighted by atomic mass is 9.85. The summed E-state index contributed by atoms with van der Waals surface area (Å²) < 4.78 is 26.7. The molecule has 1 aromatic rings. The van der Waals surface area contributed by atoms with Crippen molar-refractivity contribution < 1.29 is 8.42 Å². The molecule has 1 heterocycles. The summed E-state index contributed by atoms with van der Waals surface area (Å²) in [5.41, 5.74) is 0.632. The summed E-state index contributed by atoms with van der Waals surface area (Å²) in [4.78, 5) is 4.13. The van der Waals surface area contributed by atoms with Crippen molar-refractivity contribution >= 4 is 21.6 Å². The monoisotopic (exact) mass is 318 g/mol. The largest absolute Gasteiger partial charge is 0.261 e. The fourth-order valence-corrected chi connectivity index (χ4v) is 3.48. The van der Waals surface area contributed by atoms with Crippen LogP contribution in [0.15, 0.2) is 24.4 Å². The number of rotatable bonds is 9. The van der Waals surface area contributed by atoms with Gasteiger partial charge >= 0.3 is 0 Å². The van der Waals surface area contributed by atoms with E-state index in [1.165, 1.54) is 0 Å². The van der Waals surface area contributed by atoms with Gasteiger partial charge in [0.15, 0.2) is 0 Å². The second-order valence-corrected chi connectivity index (χ2v) is 7.25. The van der Waals surface area contributed by atoms with E-state index in [-0.39, 0.29) is 11.2 Å². The highest BCUT2D eigenvalue weighted by Gasteiger charge is 2.27. The number of halogens is 1. The van der Waals surface area contributed by atoms with Crippen LogP contribution in [-0.2, 0) is 16.4 Å². The Balaban J connectivity index is 2.53. The Morgan fingerprint density at radius 2 is 2.00 bits per heavy atom. The van der Waals surface area contributed by atoms with Gasteiger partial charge in [-0.05, 0) is 30.4 Å². The van der Waals surface area contributed by atoms with Crippen molar-refractivity contribution in [3.8, 4) is 0 Å². The number of aromatic nitrogens is 1. The molecule has 0 aliphatic rings. The molecule has 0 radical (unpaired) electrons. The van der Waals surface area contributed by atoms with Gasteiger partial charge in [-0.15, -0.1) is 11.6 Å². The topological polar surface area (TPSA) is 59.1 Å². The van der Waals surface area contributed by atoms with Gasteiger partial charge in [-0.2, -0.15) is 0 Å². The van der Waals surface area contributed by atoms with E-state index in [0.717, 1.165) is 18.5 Å². The number of pyridine rings is 1. The third-order valence-electron chi connectivity index (χ3n) is 3.80. The molecule has 114 valence electrons. The molecule has 0 unspecified atom stereocenters. The van der Waals surface area contributed by atoms with Crippen molar-refractivity contribution in [3.05, 3.63) is 30.1 Å². The maximum Gasteiger partial charge on any atom is 0.211 e. The van der Waals surface area contributed by atoms with Gasteiger partial charge in [0.2, 0.25) is 10.0 Å². The van der Waals surface area contributed by atoms with Crippen LogP contribution in [0.3, 0.4) is 0 Å². The van der Waals surface area contributed by atoms with E-state index in [1.54, 1.807) is 6.20 Å². The van der Waals surface area contributed by atoms with Crippen LogP contribution in [0.4, 0.5) is 0 Å². The van der Waals surface area contributed by atoms with Crippen LogP contribution in [0, 0.1) is 5.41 Å². The number of aryl methyl sites for hydroxylation is 1. The summed E-state index contributed by atoms with van der Waals surface area (Å²) in [6.07, 6.45) is 3.80. The predicted octanol–water partition coefficient (Wildman–Crippen LogP) is 2.59. The summed E-state index contributed by atoms with van der Waals surface area (Å²) in [5, 5.41) is 0. The normalized spacial score (nSPS) is 12.6. The molecule has 4 nitrogen and oxygen atoms in total. The van der Waals surface area contributed by atoms with E-state index in [0.29, 0.717) is 18.8 Å². The molecule has 0 saturated carbocycles. The number of hydrogen-bond donors (Lipinski definition) is 1. The number of alkyl halides is 1. The zero-order valence-corrected chi connectivity index (χ0v) is 13.7. The molecule has 20 heavy (non-hydrogen) atoms. The molecule has 0 atom stereocenters. The average Bonchev–Trinajstić information content (AvgIpc) is 2.48. The Morgan fingerprint density at radius 1 is 1.30 bits per heavy atom. The molecular formula is C14H23ClN2O2S. The van der Waals surface area contributed by atoms with Gasteiger partial charge < -0.3 is 0 Å². The SMILES string of the molecule is CCC(CC)(CCl)CNS(=O)(=O)CCc1ccccn1. The summed E-state index contributed by atoms with van der Waals surface area (Å²) in [6, 6.07) is 5.50. The lowest BCUT2D eigenvalue weighted by molar-refractivity contribution is 0.304. The van der Waals surface area contributed by atoms with E-state index in [9.17, 15) is 8.42 Å². The quantitative estimate of drug-likeness (QED) is 0.712. The van der Waals surface area contributed by atoms with E-state index in [1.807, 2.05) is 32.0 Å². The Bertz CT molecular complexity index is 479. The second kappa shape index (κ2) is 7.96. The lowest BCUT2D eigenvalue weighted by Crippen LogP contribution is -2.39. The van der Waals surface area contributed by atoms with E-state index >= 15 is 0 Å². The standard InChI is InChI=1S/C14H23ClN2O2S/c1-3-14(4-2,11-15)12-17-20(18,19)10-8-13-7-5-6-9-16-13/h5-7,9,17H,3-4,8,10-12H2,1-2H3. The molecule has 6 heteroatoms. The molecule has 0 aliphatic carbocycles. The van der Waals surface area contributed by atoms with E-state index < -0.39 is 10.0 Å². The van der Waals surface area contributed by atoms with Gasteiger partial charge in [-0.25, -0.2) is 13.1 Å². The van der Waals surface area contributed by atoms with E-state index in [4.69, 9.17) is 11.6 Å². The van der Waals surface area contributed by atoms with Crippen LogP contribution in [-0.4, -0.2) is 31.6 Å². The minimum absolute atomic E-state index is 0.0514. The van der Waals surface area contributed by atoms with Gasteiger partial charge in [0.1, 0.15) is 0 Å². The second-order valence-electron chi connectivity index (χ2n) is 5.05. The van der Waals surface area contributed by atoms with Crippen molar-refractivity contribution in [2.24, 2.45) is 5.41 Å². The smallest absolute Gasteiger partial charge is 0.211 e. The summed E-state index contributed by atoms with van der Waals surface area (Å²) >= 11 is 5.98. The highest BCUT2D eigenvalue weighted by molar-refractivity contribution is 7.89. The molecule has 0 bridgehead atoms. The van der Waals surface area contributed by atoms with Gasteiger partial charge in [-0.1, -0.05) is 19.9 Å². The van der Waals surface area contributed by atoms with Crippen LogP contribution >= 0.6 is 11.6 Å². The Hall–Kier alpha value is -0.650. The van der Waals surface area contributed by atoms with Crippen LogP contribution in [0.2, 0.25) is 0 Å². The Morgan fingerprint density at radius 3 is 2.50 bits per heavy atom. The highest BCUT2D eigenvalue weighted by atomic mass is 35.5. The fourth-order valence-electron chi connectivity index (χ4n) is 1.86. The summed E-state index contributed by atoms with van der Waals surface area (Å²) in [5.74, 6) is 0.512.